The van der Waals surface area contributed by atoms with E-state index in [2.05, 4.69) is 28.8 Å². The number of carbonyl (C=O) groups excluding carboxylic acids is 1. The van der Waals surface area contributed by atoms with Crippen LogP contribution >= 0.6 is 11.8 Å². The first-order valence-electron chi connectivity index (χ1n) is 8.68. The molecule has 1 amide bonds. The molecule has 1 saturated heterocycles. The van der Waals surface area contributed by atoms with E-state index in [9.17, 15) is 4.79 Å². The van der Waals surface area contributed by atoms with Crippen molar-refractivity contribution in [2.75, 3.05) is 32.7 Å². The van der Waals surface area contributed by atoms with Crippen molar-refractivity contribution in [2.24, 2.45) is 12.0 Å². The van der Waals surface area contributed by atoms with Crippen molar-refractivity contribution in [1.29, 1.82) is 0 Å². The maximum Gasteiger partial charge on any atom is 0.223 e. The summed E-state index contributed by atoms with van der Waals surface area (Å²) < 4.78 is 1.90. The lowest BCUT2D eigenvalue weighted by Gasteiger charge is -2.35. The number of piperazine rings is 1. The molecule has 3 rings (SSSR count). The molecule has 0 spiro atoms. The molecule has 3 heterocycles. The van der Waals surface area contributed by atoms with E-state index in [1.807, 2.05) is 35.3 Å². The molecule has 1 fully saturated rings. The van der Waals surface area contributed by atoms with Gasteiger partial charge in [0.2, 0.25) is 5.91 Å². The quantitative estimate of drug-likeness (QED) is 0.832. The lowest BCUT2D eigenvalue weighted by atomic mass is 10.1. The molecule has 1 atom stereocenters. The van der Waals surface area contributed by atoms with Crippen LogP contribution in [-0.4, -0.2) is 68.6 Å². The maximum absolute atomic E-state index is 12.5. The van der Waals surface area contributed by atoms with Gasteiger partial charge in [-0.05, 0) is 25.8 Å². The van der Waals surface area contributed by atoms with Gasteiger partial charge in [-0.2, -0.15) is 5.10 Å². The Morgan fingerprint density at radius 2 is 1.96 bits per heavy atom. The zero-order valence-electron chi connectivity index (χ0n) is 15.1. The van der Waals surface area contributed by atoms with Gasteiger partial charge in [0.25, 0.3) is 0 Å². The zero-order valence-corrected chi connectivity index (χ0v) is 15.9. The minimum Gasteiger partial charge on any atom is -0.348 e. The molecule has 7 heteroatoms. The Morgan fingerprint density at radius 3 is 2.50 bits per heavy atom. The first kappa shape index (κ1) is 17.3. The second-order valence-electron chi connectivity index (χ2n) is 6.69. The van der Waals surface area contributed by atoms with Crippen LogP contribution in [0, 0.1) is 13.8 Å². The van der Waals surface area contributed by atoms with Crippen molar-refractivity contribution in [3.05, 3.63) is 17.0 Å². The number of thioether (sulfide) groups is 1. The molecule has 2 aliphatic rings. The zero-order chi connectivity index (χ0) is 17.3. The predicted molar refractivity (Wildman–Crippen MR) is 98.5 cm³/mol. The van der Waals surface area contributed by atoms with Crippen molar-refractivity contribution in [2.45, 2.75) is 38.9 Å². The number of aryl methyl sites for hydroxylation is 2. The maximum atomic E-state index is 12.5. The van der Waals surface area contributed by atoms with Crippen LogP contribution in [0.4, 0.5) is 0 Å². The first-order chi connectivity index (χ1) is 11.5. The highest BCUT2D eigenvalue weighted by Gasteiger charge is 2.26. The summed E-state index contributed by atoms with van der Waals surface area (Å²) in [5.74, 6) is 0.256. The van der Waals surface area contributed by atoms with Gasteiger partial charge in [-0.15, -0.1) is 0 Å². The Hall–Kier alpha value is -1.50. The van der Waals surface area contributed by atoms with Crippen molar-refractivity contribution < 1.29 is 4.79 Å². The summed E-state index contributed by atoms with van der Waals surface area (Å²) in [6, 6.07) is 0. The largest absolute Gasteiger partial charge is 0.348 e. The average molecular weight is 350 g/mol. The number of rotatable bonds is 3. The molecule has 1 aromatic rings. The monoisotopic (exact) mass is 349 g/mol. The molecular weight excluding hydrogens is 322 g/mol. The van der Waals surface area contributed by atoms with Gasteiger partial charge in [-0.3, -0.25) is 14.5 Å². The van der Waals surface area contributed by atoms with Gasteiger partial charge in [0.1, 0.15) is 0 Å². The standard InChI is InChI=1S/C17H27N5OS/c1-12-11-18-17(24-12)22-9-7-21(8-10-22)16(23)6-5-15-13(2)19-20(4)14(15)3/h12H,5-11H2,1-4H3/t12-/m0/s1. The second kappa shape index (κ2) is 7.17. The summed E-state index contributed by atoms with van der Waals surface area (Å²) >= 11 is 1.86. The van der Waals surface area contributed by atoms with E-state index in [0.717, 1.165) is 55.7 Å². The Morgan fingerprint density at radius 1 is 1.25 bits per heavy atom. The molecule has 2 aliphatic heterocycles. The van der Waals surface area contributed by atoms with E-state index in [4.69, 9.17) is 0 Å². The molecular formula is C17H27N5OS. The fourth-order valence-corrected chi connectivity index (χ4v) is 4.34. The third-order valence-electron chi connectivity index (χ3n) is 4.94. The molecule has 1 aromatic heterocycles. The summed E-state index contributed by atoms with van der Waals surface area (Å²) in [4.78, 5) is 21.5. The molecule has 0 aliphatic carbocycles. The van der Waals surface area contributed by atoms with Gasteiger partial charge in [0, 0.05) is 50.6 Å². The van der Waals surface area contributed by atoms with E-state index in [-0.39, 0.29) is 5.91 Å². The van der Waals surface area contributed by atoms with E-state index in [1.165, 1.54) is 5.56 Å². The van der Waals surface area contributed by atoms with Gasteiger partial charge in [-0.25, -0.2) is 0 Å². The Balaban J connectivity index is 1.49. The summed E-state index contributed by atoms with van der Waals surface area (Å²) in [6.45, 7) is 10.6. The van der Waals surface area contributed by atoms with Crippen LogP contribution in [0.25, 0.3) is 0 Å². The smallest absolute Gasteiger partial charge is 0.223 e. The van der Waals surface area contributed by atoms with Gasteiger partial charge >= 0.3 is 0 Å². The number of hydrogen-bond acceptors (Lipinski definition) is 5. The SMILES string of the molecule is Cc1nn(C)c(C)c1CCC(=O)N1CCN(C2=NC[C@H](C)S2)CC1. The summed E-state index contributed by atoms with van der Waals surface area (Å²) in [5.41, 5.74) is 3.42. The molecule has 0 aromatic carbocycles. The van der Waals surface area contributed by atoms with Crippen LogP contribution in [0.15, 0.2) is 4.99 Å². The number of nitrogens with zero attached hydrogens (tertiary/aromatic N) is 5. The third kappa shape index (κ3) is 3.61. The summed E-state index contributed by atoms with van der Waals surface area (Å²) in [6.07, 6.45) is 1.35. The van der Waals surface area contributed by atoms with Crippen molar-refractivity contribution in [3.8, 4) is 0 Å². The lowest BCUT2D eigenvalue weighted by molar-refractivity contribution is -0.132. The molecule has 0 bridgehead atoms. The third-order valence-corrected chi connectivity index (χ3v) is 6.09. The number of aliphatic imine (C=N–C) groups is 1. The van der Waals surface area contributed by atoms with Crippen molar-refractivity contribution >= 4 is 22.8 Å². The topological polar surface area (TPSA) is 53.7 Å². The van der Waals surface area contributed by atoms with Gasteiger partial charge in [0.05, 0.1) is 12.2 Å². The summed E-state index contributed by atoms with van der Waals surface area (Å²) in [5, 5.41) is 6.18. The fraction of sp³-hybridized carbons (Fsp3) is 0.706. The van der Waals surface area contributed by atoms with E-state index in [1.54, 1.807) is 0 Å². The minimum absolute atomic E-state index is 0.256. The molecule has 0 unspecified atom stereocenters. The van der Waals surface area contributed by atoms with Crippen LogP contribution in [0.2, 0.25) is 0 Å². The Kier molecular flexibility index (Phi) is 5.18. The van der Waals surface area contributed by atoms with Crippen molar-refractivity contribution in [3.63, 3.8) is 0 Å². The number of carbonyl (C=O) groups is 1. The number of hydrogen-bond donors (Lipinski definition) is 0. The van der Waals surface area contributed by atoms with E-state index in [0.29, 0.717) is 11.7 Å². The molecule has 24 heavy (non-hydrogen) atoms. The molecule has 6 nitrogen and oxygen atoms in total. The molecule has 132 valence electrons. The van der Waals surface area contributed by atoms with Crippen LogP contribution < -0.4 is 0 Å². The summed E-state index contributed by atoms with van der Waals surface area (Å²) in [7, 11) is 1.96. The van der Waals surface area contributed by atoms with Gasteiger partial charge in [0.15, 0.2) is 5.17 Å². The normalized spacial score (nSPS) is 21.3. The molecule has 0 N–H and O–H groups in total. The van der Waals surface area contributed by atoms with Crippen LogP contribution in [-0.2, 0) is 18.3 Å². The Bertz CT molecular complexity index is 646. The van der Waals surface area contributed by atoms with Gasteiger partial charge < -0.3 is 9.80 Å². The highest BCUT2D eigenvalue weighted by Crippen LogP contribution is 2.24. The average Bonchev–Trinajstić information content (AvgIpc) is 3.10. The number of aromatic nitrogens is 2. The highest BCUT2D eigenvalue weighted by atomic mass is 32.2. The van der Waals surface area contributed by atoms with Crippen LogP contribution in [0.3, 0.4) is 0 Å². The fourth-order valence-electron chi connectivity index (χ4n) is 3.35. The molecule has 0 saturated carbocycles. The van der Waals surface area contributed by atoms with Crippen LogP contribution in [0.1, 0.15) is 30.3 Å². The first-order valence-corrected chi connectivity index (χ1v) is 9.56. The number of amidine groups is 1. The second-order valence-corrected chi connectivity index (χ2v) is 8.10. The number of amides is 1. The van der Waals surface area contributed by atoms with E-state index < -0.39 is 0 Å². The van der Waals surface area contributed by atoms with Gasteiger partial charge in [-0.1, -0.05) is 18.7 Å². The molecule has 0 radical (unpaired) electrons. The van der Waals surface area contributed by atoms with Crippen LogP contribution in [0.5, 0.6) is 0 Å². The highest BCUT2D eigenvalue weighted by molar-refractivity contribution is 8.14. The predicted octanol–water partition coefficient (Wildman–Crippen LogP) is 1.61. The minimum atomic E-state index is 0.256. The van der Waals surface area contributed by atoms with Crippen molar-refractivity contribution in [1.82, 2.24) is 19.6 Å². The lowest BCUT2D eigenvalue weighted by Crippen LogP contribution is -2.49. The van der Waals surface area contributed by atoms with E-state index >= 15 is 0 Å². The Labute approximate surface area is 148 Å².